The molecule has 0 heterocycles. The molecule has 0 aromatic heterocycles. The standard InChI is InChI=1S/C4H11NO2.C4H6O7S/c6-3-1-5-2-4-7;5-3(6)1-2(4(7)8)12(9,10)11/h5-7H,1-4H2;2H,1H2,(H,5,6)(H,7,8)(H,9,10,11). The fourth-order valence-corrected chi connectivity index (χ4v) is 1.37. The minimum atomic E-state index is -4.84. The summed E-state index contributed by atoms with van der Waals surface area (Å²) >= 11 is 0. The summed E-state index contributed by atoms with van der Waals surface area (Å²) in [6.45, 7) is 1.42. The lowest BCUT2D eigenvalue weighted by molar-refractivity contribution is -0.143. The first-order valence-electron chi connectivity index (χ1n) is 5.00. The highest BCUT2D eigenvalue weighted by molar-refractivity contribution is 7.87. The molecule has 10 nitrogen and oxygen atoms in total. The normalized spacial score (nSPS) is 12.2. The van der Waals surface area contributed by atoms with Gasteiger partial charge in [0.1, 0.15) is 0 Å². The van der Waals surface area contributed by atoms with Crippen molar-refractivity contribution in [2.45, 2.75) is 11.7 Å². The van der Waals surface area contributed by atoms with Crippen LogP contribution in [0.25, 0.3) is 0 Å². The number of carbonyl (C=O) groups is 2. The van der Waals surface area contributed by atoms with Crippen LogP contribution < -0.4 is 5.32 Å². The number of nitrogens with one attached hydrogen (secondary N) is 1. The van der Waals surface area contributed by atoms with Gasteiger partial charge in [-0.25, -0.2) is 0 Å². The molecule has 1 unspecified atom stereocenters. The second-order valence-electron chi connectivity index (χ2n) is 3.14. The van der Waals surface area contributed by atoms with Crippen molar-refractivity contribution in [2.24, 2.45) is 0 Å². The summed E-state index contributed by atoms with van der Waals surface area (Å²) in [5.74, 6) is -3.50. The van der Waals surface area contributed by atoms with Gasteiger partial charge < -0.3 is 25.7 Å². The van der Waals surface area contributed by atoms with Gasteiger partial charge in [-0.3, -0.25) is 14.1 Å². The van der Waals surface area contributed by atoms with E-state index in [2.05, 4.69) is 5.32 Å². The van der Waals surface area contributed by atoms with E-state index in [0.717, 1.165) is 0 Å². The third-order valence-electron chi connectivity index (χ3n) is 1.57. The summed E-state index contributed by atoms with van der Waals surface area (Å²) < 4.78 is 28.7. The lowest BCUT2D eigenvalue weighted by Crippen LogP contribution is -2.31. The monoisotopic (exact) mass is 303 g/mol. The Morgan fingerprint density at radius 3 is 1.63 bits per heavy atom. The number of aliphatic hydroxyl groups excluding tert-OH is 2. The number of hydrogen-bond acceptors (Lipinski definition) is 7. The lowest BCUT2D eigenvalue weighted by atomic mass is 10.3. The van der Waals surface area contributed by atoms with Crippen LogP contribution in [0.2, 0.25) is 0 Å². The molecule has 0 aliphatic carbocycles. The van der Waals surface area contributed by atoms with Gasteiger partial charge in [0.05, 0.1) is 19.6 Å². The Balaban J connectivity index is 0. The Kier molecular flexibility index (Phi) is 11.2. The SMILES string of the molecule is O=C(O)CC(C(=O)O)S(=O)(=O)O.OCCNCCO. The molecule has 0 amide bonds. The summed E-state index contributed by atoms with van der Waals surface area (Å²) in [6, 6.07) is 0. The Bertz CT molecular complexity index is 362. The molecule has 114 valence electrons. The van der Waals surface area contributed by atoms with Crippen molar-refractivity contribution in [2.75, 3.05) is 26.3 Å². The molecule has 0 saturated carbocycles. The van der Waals surface area contributed by atoms with Gasteiger partial charge in [0.2, 0.25) is 0 Å². The van der Waals surface area contributed by atoms with E-state index in [-0.39, 0.29) is 13.2 Å². The Labute approximate surface area is 109 Å². The predicted molar refractivity (Wildman–Crippen MR) is 62.3 cm³/mol. The molecular formula is C8H17NO9S. The van der Waals surface area contributed by atoms with Crippen LogP contribution in [0.1, 0.15) is 6.42 Å². The fraction of sp³-hybridized carbons (Fsp3) is 0.750. The van der Waals surface area contributed by atoms with Crippen molar-refractivity contribution in [3.05, 3.63) is 0 Å². The average Bonchev–Trinajstić information content (AvgIpc) is 2.25. The van der Waals surface area contributed by atoms with Crippen molar-refractivity contribution < 1.29 is 43.0 Å². The molecule has 0 aliphatic rings. The molecule has 0 aromatic carbocycles. The lowest BCUT2D eigenvalue weighted by Gasteiger charge is -2.04. The summed E-state index contributed by atoms with van der Waals surface area (Å²) in [6.07, 6.45) is -1.16. The topological polar surface area (TPSA) is 181 Å². The van der Waals surface area contributed by atoms with Crippen LogP contribution in [0.15, 0.2) is 0 Å². The van der Waals surface area contributed by atoms with E-state index in [0.29, 0.717) is 13.1 Å². The molecule has 0 fully saturated rings. The summed E-state index contributed by atoms with van der Waals surface area (Å²) in [5, 5.41) is 33.0. The van der Waals surface area contributed by atoms with E-state index in [1.807, 2.05) is 0 Å². The molecule has 0 rings (SSSR count). The minimum absolute atomic E-state index is 0.139. The maximum absolute atomic E-state index is 10.2. The zero-order valence-electron chi connectivity index (χ0n) is 9.89. The second kappa shape index (κ2) is 10.6. The highest BCUT2D eigenvalue weighted by atomic mass is 32.2. The van der Waals surface area contributed by atoms with Gasteiger partial charge in [0.15, 0.2) is 5.25 Å². The van der Waals surface area contributed by atoms with Crippen LogP contribution in [0.4, 0.5) is 0 Å². The quantitative estimate of drug-likeness (QED) is 0.205. The van der Waals surface area contributed by atoms with Crippen molar-refractivity contribution in [3.63, 3.8) is 0 Å². The van der Waals surface area contributed by atoms with Gasteiger partial charge in [0, 0.05) is 13.1 Å². The summed E-state index contributed by atoms with van der Waals surface area (Å²) in [7, 11) is -4.84. The molecule has 0 saturated heterocycles. The summed E-state index contributed by atoms with van der Waals surface area (Å²) in [4.78, 5) is 20.0. The van der Waals surface area contributed by atoms with E-state index in [4.69, 9.17) is 25.0 Å². The predicted octanol–water partition coefficient (Wildman–Crippen LogP) is -2.64. The third-order valence-corrected chi connectivity index (χ3v) is 2.66. The highest BCUT2D eigenvalue weighted by Gasteiger charge is 2.33. The Hall–Kier alpha value is -1.27. The van der Waals surface area contributed by atoms with E-state index >= 15 is 0 Å². The summed E-state index contributed by atoms with van der Waals surface area (Å²) in [5.41, 5.74) is 0. The van der Waals surface area contributed by atoms with Crippen molar-refractivity contribution in [1.82, 2.24) is 5.32 Å². The van der Waals surface area contributed by atoms with Crippen molar-refractivity contribution in [1.29, 1.82) is 0 Å². The maximum atomic E-state index is 10.2. The molecule has 0 bridgehead atoms. The van der Waals surface area contributed by atoms with Crippen LogP contribution in [0.5, 0.6) is 0 Å². The van der Waals surface area contributed by atoms with Gasteiger partial charge in [-0.2, -0.15) is 8.42 Å². The largest absolute Gasteiger partial charge is 0.481 e. The molecule has 19 heavy (non-hydrogen) atoms. The van der Waals surface area contributed by atoms with Crippen LogP contribution in [-0.2, 0) is 19.7 Å². The maximum Gasteiger partial charge on any atom is 0.325 e. The van der Waals surface area contributed by atoms with Crippen LogP contribution in [0.3, 0.4) is 0 Å². The molecule has 11 heteroatoms. The third kappa shape index (κ3) is 13.0. The van der Waals surface area contributed by atoms with Crippen molar-refractivity contribution >= 4 is 22.1 Å². The first-order valence-corrected chi connectivity index (χ1v) is 6.50. The molecule has 1 atom stereocenters. The zero-order valence-corrected chi connectivity index (χ0v) is 10.7. The first kappa shape index (κ1) is 20.1. The number of aliphatic carboxylic acids is 2. The zero-order chi connectivity index (χ0) is 15.5. The smallest absolute Gasteiger partial charge is 0.325 e. The molecule has 0 aromatic rings. The number of hydrogen-bond donors (Lipinski definition) is 6. The number of aliphatic hydroxyl groups is 2. The number of carboxylic acids is 2. The average molecular weight is 303 g/mol. The van der Waals surface area contributed by atoms with Gasteiger partial charge in [0.25, 0.3) is 10.1 Å². The van der Waals surface area contributed by atoms with E-state index in [1.54, 1.807) is 0 Å². The van der Waals surface area contributed by atoms with Gasteiger partial charge in [-0.15, -0.1) is 0 Å². The fourth-order valence-electron chi connectivity index (χ4n) is 0.762. The molecule has 0 radical (unpaired) electrons. The minimum Gasteiger partial charge on any atom is -0.481 e. The van der Waals surface area contributed by atoms with E-state index in [1.165, 1.54) is 0 Å². The molecule has 0 aliphatic heterocycles. The Morgan fingerprint density at radius 2 is 1.47 bits per heavy atom. The van der Waals surface area contributed by atoms with Crippen molar-refractivity contribution in [3.8, 4) is 0 Å². The van der Waals surface area contributed by atoms with Gasteiger partial charge in [-0.05, 0) is 0 Å². The van der Waals surface area contributed by atoms with Gasteiger partial charge in [-0.1, -0.05) is 0 Å². The number of carboxylic acid groups (broad SMARTS) is 2. The van der Waals surface area contributed by atoms with Gasteiger partial charge >= 0.3 is 11.9 Å². The van der Waals surface area contributed by atoms with E-state index < -0.39 is 33.7 Å². The van der Waals surface area contributed by atoms with Crippen LogP contribution in [-0.4, -0.2) is 76.9 Å². The second-order valence-corrected chi connectivity index (χ2v) is 4.74. The Morgan fingerprint density at radius 1 is 1.05 bits per heavy atom. The number of rotatable bonds is 8. The molecule has 0 spiro atoms. The molecule has 6 N–H and O–H groups in total. The van der Waals surface area contributed by atoms with Crippen LogP contribution in [0, 0.1) is 0 Å². The van der Waals surface area contributed by atoms with Crippen LogP contribution >= 0.6 is 0 Å². The molecular weight excluding hydrogens is 286 g/mol. The van der Waals surface area contributed by atoms with E-state index in [9.17, 15) is 18.0 Å². The highest BCUT2D eigenvalue weighted by Crippen LogP contribution is 2.04. The first-order chi connectivity index (χ1) is 8.66.